The van der Waals surface area contributed by atoms with E-state index in [2.05, 4.69) is 21.8 Å². The highest BCUT2D eigenvalue weighted by Gasteiger charge is 2.17. The number of rotatable bonds is 4. The Morgan fingerprint density at radius 2 is 1.96 bits per heavy atom. The lowest BCUT2D eigenvalue weighted by molar-refractivity contribution is 0.201. The first kappa shape index (κ1) is 19.3. The van der Waals surface area contributed by atoms with Crippen LogP contribution >= 0.6 is 24.0 Å². The maximum atomic E-state index is 6.11. The Labute approximate surface area is 162 Å². The molecule has 1 saturated heterocycles. The number of pyridine rings is 1. The fourth-order valence-electron chi connectivity index (χ4n) is 3.26. The van der Waals surface area contributed by atoms with Crippen LogP contribution in [-0.2, 0) is 6.54 Å². The number of hydrogen-bond acceptors (Lipinski definition) is 3. The SMILES string of the molecule is CC1CCN(C(N)=NCc2ccc(OC3CCCC3)nc2)CC1.I. The molecule has 3 rings (SSSR count). The van der Waals surface area contributed by atoms with Crippen molar-refractivity contribution in [3.05, 3.63) is 23.9 Å². The minimum Gasteiger partial charge on any atom is -0.474 e. The largest absolute Gasteiger partial charge is 0.474 e. The molecule has 2 heterocycles. The Hall–Kier alpha value is -1.05. The predicted octanol–water partition coefficient (Wildman–Crippen LogP) is 3.57. The lowest BCUT2D eigenvalue weighted by Crippen LogP contribution is -2.42. The van der Waals surface area contributed by atoms with Crippen molar-refractivity contribution in [1.29, 1.82) is 0 Å². The molecular weight excluding hydrogens is 415 g/mol. The molecule has 0 bridgehead atoms. The van der Waals surface area contributed by atoms with Crippen LogP contribution in [0.15, 0.2) is 23.3 Å². The number of ether oxygens (including phenoxy) is 1. The minimum absolute atomic E-state index is 0. The van der Waals surface area contributed by atoms with Crippen molar-refractivity contribution in [2.75, 3.05) is 13.1 Å². The van der Waals surface area contributed by atoms with Crippen LogP contribution in [0.25, 0.3) is 0 Å². The smallest absolute Gasteiger partial charge is 0.213 e. The zero-order valence-corrected chi connectivity index (χ0v) is 16.8. The van der Waals surface area contributed by atoms with Gasteiger partial charge in [0.05, 0.1) is 6.54 Å². The van der Waals surface area contributed by atoms with E-state index in [4.69, 9.17) is 10.5 Å². The van der Waals surface area contributed by atoms with Gasteiger partial charge in [-0.15, -0.1) is 24.0 Å². The Morgan fingerprint density at radius 3 is 2.58 bits per heavy atom. The van der Waals surface area contributed by atoms with Gasteiger partial charge < -0.3 is 15.4 Å². The highest BCUT2D eigenvalue weighted by Crippen LogP contribution is 2.23. The van der Waals surface area contributed by atoms with Gasteiger partial charge in [0.2, 0.25) is 5.88 Å². The van der Waals surface area contributed by atoms with Gasteiger partial charge in [-0.2, -0.15) is 0 Å². The van der Waals surface area contributed by atoms with Gasteiger partial charge in [0.15, 0.2) is 5.96 Å². The molecule has 24 heavy (non-hydrogen) atoms. The van der Waals surface area contributed by atoms with Gasteiger partial charge in [0, 0.05) is 25.4 Å². The maximum Gasteiger partial charge on any atom is 0.213 e. The molecule has 1 aromatic heterocycles. The van der Waals surface area contributed by atoms with Crippen molar-refractivity contribution in [1.82, 2.24) is 9.88 Å². The van der Waals surface area contributed by atoms with E-state index in [1.807, 2.05) is 18.3 Å². The highest BCUT2D eigenvalue weighted by atomic mass is 127. The van der Waals surface area contributed by atoms with Crippen LogP contribution in [-0.4, -0.2) is 35.0 Å². The van der Waals surface area contributed by atoms with Gasteiger partial charge in [-0.05, 0) is 50.0 Å². The number of halogens is 1. The number of nitrogens with two attached hydrogens (primary N) is 1. The van der Waals surface area contributed by atoms with Gasteiger partial charge in [-0.25, -0.2) is 9.98 Å². The molecule has 2 aliphatic rings. The fourth-order valence-corrected chi connectivity index (χ4v) is 3.26. The van der Waals surface area contributed by atoms with E-state index < -0.39 is 0 Å². The summed E-state index contributed by atoms with van der Waals surface area (Å²) < 4.78 is 5.88. The molecule has 5 nitrogen and oxygen atoms in total. The summed E-state index contributed by atoms with van der Waals surface area (Å²) in [5.74, 6) is 2.18. The fraction of sp³-hybridized carbons (Fsp3) is 0.667. The van der Waals surface area contributed by atoms with Gasteiger partial charge in [0.25, 0.3) is 0 Å². The van der Waals surface area contributed by atoms with Gasteiger partial charge >= 0.3 is 0 Å². The van der Waals surface area contributed by atoms with Crippen LogP contribution in [0, 0.1) is 5.92 Å². The van der Waals surface area contributed by atoms with E-state index in [-0.39, 0.29) is 24.0 Å². The average Bonchev–Trinajstić information content (AvgIpc) is 3.07. The van der Waals surface area contributed by atoms with Crippen molar-refractivity contribution < 1.29 is 4.74 Å². The number of hydrogen-bond donors (Lipinski definition) is 1. The first-order valence-corrected chi connectivity index (χ1v) is 8.87. The summed E-state index contributed by atoms with van der Waals surface area (Å²) in [5.41, 5.74) is 7.18. The minimum atomic E-state index is 0. The van der Waals surface area contributed by atoms with E-state index in [1.54, 1.807) is 0 Å². The van der Waals surface area contributed by atoms with Crippen LogP contribution in [0.2, 0.25) is 0 Å². The normalized spacial score (nSPS) is 20.0. The third kappa shape index (κ3) is 5.50. The summed E-state index contributed by atoms with van der Waals surface area (Å²) in [6, 6.07) is 3.98. The zero-order chi connectivity index (χ0) is 16.1. The molecule has 1 aliphatic heterocycles. The van der Waals surface area contributed by atoms with Crippen molar-refractivity contribution in [2.24, 2.45) is 16.6 Å². The summed E-state index contributed by atoms with van der Waals surface area (Å²) in [6.45, 7) is 4.91. The van der Waals surface area contributed by atoms with Crippen LogP contribution in [0.4, 0.5) is 0 Å². The summed E-state index contributed by atoms with van der Waals surface area (Å²) in [6.07, 6.45) is 9.44. The number of likely N-dealkylation sites (tertiary alicyclic amines) is 1. The lowest BCUT2D eigenvalue weighted by Gasteiger charge is -2.31. The molecule has 0 radical (unpaired) electrons. The summed E-state index contributed by atoms with van der Waals surface area (Å²) in [5, 5.41) is 0. The predicted molar refractivity (Wildman–Crippen MR) is 108 cm³/mol. The molecule has 1 saturated carbocycles. The van der Waals surface area contributed by atoms with Crippen LogP contribution in [0.1, 0.15) is 51.0 Å². The molecule has 1 aromatic rings. The Bertz CT molecular complexity index is 520. The number of piperidine rings is 1. The Kier molecular flexibility index (Phi) is 7.58. The molecule has 2 N–H and O–H groups in total. The first-order valence-electron chi connectivity index (χ1n) is 8.87. The topological polar surface area (TPSA) is 63.7 Å². The molecule has 6 heteroatoms. The number of aromatic nitrogens is 1. The van der Waals surface area contributed by atoms with Gasteiger partial charge in [-0.3, -0.25) is 0 Å². The molecule has 2 fully saturated rings. The quantitative estimate of drug-likeness (QED) is 0.438. The van der Waals surface area contributed by atoms with Crippen LogP contribution in [0.5, 0.6) is 5.88 Å². The summed E-state index contributed by atoms with van der Waals surface area (Å²) in [4.78, 5) is 11.1. The van der Waals surface area contributed by atoms with E-state index in [0.29, 0.717) is 18.6 Å². The summed E-state index contributed by atoms with van der Waals surface area (Å²) >= 11 is 0. The second-order valence-electron chi connectivity index (χ2n) is 6.87. The van der Waals surface area contributed by atoms with Crippen molar-refractivity contribution in [2.45, 2.75) is 58.1 Å². The molecule has 0 amide bonds. The Balaban J connectivity index is 0.00000208. The van der Waals surface area contributed by atoms with E-state index in [0.717, 1.165) is 43.3 Å². The van der Waals surface area contributed by atoms with Gasteiger partial charge in [-0.1, -0.05) is 13.0 Å². The number of nitrogens with zero attached hydrogens (tertiary/aromatic N) is 3. The van der Waals surface area contributed by atoms with Crippen molar-refractivity contribution in [3.8, 4) is 5.88 Å². The third-order valence-electron chi connectivity index (χ3n) is 4.92. The molecule has 0 atom stereocenters. The lowest BCUT2D eigenvalue weighted by atomic mass is 10.00. The van der Waals surface area contributed by atoms with E-state index in [9.17, 15) is 0 Å². The maximum absolute atomic E-state index is 6.11. The zero-order valence-electron chi connectivity index (χ0n) is 14.5. The highest BCUT2D eigenvalue weighted by molar-refractivity contribution is 14.0. The molecule has 134 valence electrons. The van der Waals surface area contributed by atoms with Crippen LogP contribution in [0.3, 0.4) is 0 Å². The van der Waals surface area contributed by atoms with E-state index >= 15 is 0 Å². The standard InChI is InChI=1S/C18H28N4O.HI/c1-14-8-10-22(11-9-14)18(19)21-13-15-6-7-17(20-12-15)23-16-4-2-3-5-16;/h6-7,12,14,16H,2-5,8-11,13H2,1H3,(H2,19,21);1H. The van der Waals surface area contributed by atoms with Crippen molar-refractivity contribution in [3.63, 3.8) is 0 Å². The molecule has 0 spiro atoms. The molecular formula is C18H29IN4O. The van der Waals surface area contributed by atoms with Gasteiger partial charge in [0.1, 0.15) is 6.10 Å². The Morgan fingerprint density at radius 1 is 1.25 bits per heavy atom. The first-order chi connectivity index (χ1) is 11.2. The monoisotopic (exact) mass is 444 g/mol. The van der Waals surface area contributed by atoms with Crippen molar-refractivity contribution >= 4 is 29.9 Å². The molecule has 1 aliphatic carbocycles. The average molecular weight is 444 g/mol. The molecule has 0 unspecified atom stereocenters. The molecule has 0 aromatic carbocycles. The summed E-state index contributed by atoms with van der Waals surface area (Å²) in [7, 11) is 0. The number of guanidine groups is 1. The second-order valence-corrected chi connectivity index (χ2v) is 6.87. The number of aliphatic imine (C=N–C) groups is 1. The van der Waals surface area contributed by atoms with E-state index in [1.165, 1.54) is 25.7 Å². The van der Waals surface area contributed by atoms with Crippen LogP contribution < -0.4 is 10.5 Å². The third-order valence-corrected chi connectivity index (χ3v) is 4.92. The second kappa shape index (κ2) is 9.44.